The molecule has 116 valence electrons. The highest BCUT2D eigenvalue weighted by Crippen LogP contribution is 2.36. The molecule has 0 aliphatic carbocycles. The van der Waals surface area contributed by atoms with E-state index in [1.54, 1.807) is 7.11 Å². The number of nitrogens with zero attached hydrogens (tertiary/aromatic N) is 1. The van der Waals surface area contributed by atoms with Crippen LogP contribution in [0.15, 0.2) is 48.5 Å². The van der Waals surface area contributed by atoms with E-state index in [0.29, 0.717) is 16.5 Å². The molecule has 0 amide bonds. The Bertz CT molecular complexity index is 870. The van der Waals surface area contributed by atoms with E-state index in [4.69, 9.17) is 4.74 Å². The molecule has 0 saturated carbocycles. The molecule has 23 heavy (non-hydrogen) atoms. The van der Waals surface area contributed by atoms with Gasteiger partial charge < -0.3 is 9.84 Å². The van der Waals surface area contributed by atoms with E-state index >= 15 is 0 Å². The van der Waals surface area contributed by atoms with E-state index in [1.807, 2.05) is 55.5 Å². The number of aryl methyl sites for hydroxylation is 1. The Morgan fingerprint density at radius 2 is 1.96 bits per heavy atom. The molecule has 0 aliphatic heterocycles. The first-order valence-electron chi connectivity index (χ1n) is 7.04. The maximum atomic E-state index is 11.6. The van der Waals surface area contributed by atoms with Gasteiger partial charge in [0.2, 0.25) is 0 Å². The van der Waals surface area contributed by atoms with Crippen molar-refractivity contribution in [1.29, 1.82) is 0 Å². The number of thiazole rings is 1. The van der Waals surface area contributed by atoms with Crippen molar-refractivity contribution < 1.29 is 14.6 Å². The molecule has 3 rings (SSSR count). The standard InChI is InChI=1S/C18H15NO3S/c1-11-6-3-4-9-14(11)15-16(18(20)21)23-17(19-15)12-7-5-8-13(10-12)22-2/h3-10H,1-2H3,(H,20,21). The van der Waals surface area contributed by atoms with Crippen LogP contribution in [0.4, 0.5) is 0 Å². The Balaban J connectivity index is 2.16. The Morgan fingerprint density at radius 3 is 2.65 bits per heavy atom. The monoisotopic (exact) mass is 325 g/mol. The second kappa shape index (κ2) is 6.22. The van der Waals surface area contributed by atoms with Crippen LogP contribution in [0.1, 0.15) is 15.2 Å². The summed E-state index contributed by atoms with van der Waals surface area (Å²) in [5.74, 6) is -0.248. The number of carbonyl (C=O) groups is 1. The number of aromatic nitrogens is 1. The quantitative estimate of drug-likeness (QED) is 0.767. The van der Waals surface area contributed by atoms with Crippen LogP contribution in [0.25, 0.3) is 21.8 Å². The lowest BCUT2D eigenvalue weighted by atomic mass is 10.1. The highest BCUT2D eigenvalue weighted by Gasteiger charge is 2.20. The smallest absolute Gasteiger partial charge is 0.348 e. The van der Waals surface area contributed by atoms with Crippen molar-refractivity contribution in [2.75, 3.05) is 7.11 Å². The van der Waals surface area contributed by atoms with E-state index in [9.17, 15) is 9.90 Å². The highest BCUT2D eigenvalue weighted by atomic mass is 32.1. The first-order chi connectivity index (χ1) is 11.1. The molecule has 2 aromatic carbocycles. The van der Waals surface area contributed by atoms with Crippen LogP contribution in [-0.4, -0.2) is 23.2 Å². The van der Waals surface area contributed by atoms with Crippen molar-refractivity contribution in [3.05, 3.63) is 59.0 Å². The summed E-state index contributed by atoms with van der Waals surface area (Å²) in [4.78, 5) is 16.5. The predicted octanol–water partition coefficient (Wildman–Crippen LogP) is 4.49. The van der Waals surface area contributed by atoms with Gasteiger partial charge in [0.25, 0.3) is 0 Å². The maximum Gasteiger partial charge on any atom is 0.348 e. The number of hydrogen-bond donors (Lipinski definition) is 1. The highest BCUT2D eigenvalue weighted by molar-refractivity contribution is 7.17. The van der Waals surface area contributed by atoms with Crippen LogP contribution in [0.2, 0.25) is 0 Å². The van der Waals surface area contributed by atoms with Crippen LogP contribution < -0.4 is 4.74 Å². The molecule has 4 nitrogen and oxygen atoms in total. The molecule has 0 unspecified atom stereocenters. The molecule has 0 radical (unpaired) electrons. The minimum atomic E-state index is -0.963. The minimum Gasteiger partial charge on any atom is -0.497 e. The van der Waals surface area contributed by atoms with Gasteiger partial charge in [-0.2, -0.15) is 0 Å². The van der Waals surface area contributed by atoms with Crippen LogP contribution in [-0.2, 0) is 0 Å². The van der Waals surface area contributed by atoms with Gasteiger partial charge in [-0.1, -0.05) is 36.4 Å². The van der Waals surface area contributed by atoms with Crippen LogP contribution in [0.3, 0.4) is 0 Å². The largest absolute Gasteiger partial charge is 0.497 e. The van der Waals surface area contributed by atoms with Crippen molar-refractivity contribution in [3.8, 4) is 27.6 Å². The molecule has 0 fully saturated rings. The number of methoxy groups -OCH3 is 1. The summed E-state index contributed by atoms with van der Waals surface area (Å²) in [6, 6.07) is 15.1. The lowest BCUT2D eigenvalue weighted by Gasteiger charge is -2.03. The normalized spacial score (nSPS) is 10.5. The van der Waals surface area contributed by atoms with Gasteiger partial charge in [0.15, 0.2) is 0 Å². The fraction of sp³-hybridized carbons (Fsp3) is 0.111. The zero-order chi connectivity index (χ0) is 16.4. The van der Waals surface area contributed by atoms with Gasteiger partial charge in [-0.3, -0.25) is 0 Å². The maximum absolute atomic E-state index is 11.6. The molecule has 0 saturated heterocycles. The van der Waals surface area contributed by atoms with Crippen molar-refractivity contribution in [2.45, 2.75) is 6.92 Å². The SMILES string of the molecule is COc1cccc(-c2nc(-c3ccccc3C)c(C(=O)O)s2)c1. The lowest BCUT2D eigenvalue weighted by molar-refractivity contribution is 0.0702. The van der Waals surface area contributed by atoms with Gasteiger partial charge in [-0.15, -0.1) is 11.3 Å². The second-order valence-corrected chi connectivity index (χ2v) is 6.05. The predicted molar refractivity (Wildman–Crippen MR) is 91.2 cm³/mol. The summed E-state index contributed by atoms with van der Waals surface area (Å²) in [6.07, 6.45) is 0. The van der Waals surface area contributed by atoms with Crippen LogP contribution in [0.5, 0.6) is 5.75 Å². The Labute approximate surface area is 138 Å². The van der Waals surface area contributed by atoms with Gasteiger partial charge in [-0.05, 0) is 24.6 Å². The minimum absolute atomic E-state index is 0.247. The number of benzene rings is 2. The summed E-state index contributed by atoms with van der Waals surface area (Å²) in [6.45, 7) is 1.95. The Kier molecular flexibility index (Phi) is 4.12. The summed E-state index contributed by atoms with van der Waals surface area (Å²) in [5, 5.41) is 10.2. The van der Waals surface area contributed by atoms with E-state index < -0.39 is 5.97 Å². The number of rotatable bonds is 4. The summed E-state index contributed by atoms with van der Waals surface area (Å²) in [5.41, 5.74) is 3.20. The van der Waals surface area contributed by atoms with Crippen molar-refractivity contribution >= 4 is 17.3 Å². The average Bonchev–Trinajstić information content (AvgIpc) is 3.01. The molecular formula is C18H15NO3S. The van der Waals surface area contributed by atoms with E-state index in [-0.39, 0.29) is 4.88 Å². The average molecular weight is 325 g/mol. The van der Waals surface area contributed by atoms with Crippen LogP contribution >= 0.6 is 11.3 Å². The Hall–Kier alpha value is -2.66. The summed E-state index contributed by atoms with van der Waals surface area (Å²) < 4.78 is 5.23. The summed E-state index contributed by atoms with van der Waals surface area (Å²) >= 11 is 1.18. The number of aromatic carboxylic acids is 1. The second-order valence-electron chi connectivity index (χ2n) is 5.05. The van der Waals surface area contributed by atoms with Gasteiger partial charge in [0, 0.05) is 11.1 Å². The van der Waals surface area contributed by atoms with Crippen molar-refractivity contribution in [1.82, 2.24) is 4.98 Å². The van der Waals surface area contributed by atoms with Gasteiger partial charge >= 0.3 is 5.97 Å². The first-order valence-corrected chi connectivity index (χ1v) is 7.86. The molecular weight excluding hydrogens is 310 g/mol. The summed E-state index contributed by atoms with van der Waals surface area (Å²) in [7, 11) is 1.60. The van der Waals surface area contributed by atoms with Crippen molar-refractivity contribution in [2.24, 2.45) is 0 Å². The fourth-order valence-electron chi connectivity index (χ4n) is 2.37. The topological polar surface area (TPSA) is 59.4 Å². The van der Waals surface area contributed by atoms with Gasteiger partial charge in [0.1, 0.15) is 15.6 Å². The molecule has 0 atom stereocenters. The molecule has 3 aromatic rings. The van der Waals surface area contributed by atoms with Crippen molar-refractivity contribution in [3.63, 3.8) is 0 Å². The lowest BCUT2D eigenvalue weighted by Crippen LogP contribution is -1.96. The zero-order valence-electron chi connectivity index (χ0n) is 12.7. The third kappa shape index (κ3) is 2.96. The fourth-order valence-corrected chi connectivity index (χ4v) is 3.28. The number of ether oxygens (including phenoxy) is 1. The van der Waals surface area contributed by atoms with Gasteiger partial charge in [0.05, 0.1) is 12.8 Å². The third-order valence-corrected chi connectivity index (χ3v) is 4.63. The third-order valence-electron chi connectivity index (χ3n) is 3.54. The molecule has 0 spiro atoms. The number of hydrogen-bond acceptors (Lipinski definition) is 4. The van der Waals surface area contributed by atoms with Gasteiger partial charge in [-0.25, -0.2) is 9.78 Å². The number of carboxylic acids is 1. The van der Waals surface area contributed by atoms with E-state index in [2.05, 4.69) is 4.98 Å². The van der Waals surface area contributed by atoms with E-state index in [0.717, 1.165) is 16.7 Å². The molecule has 0 aliphatic rings. The molecule has 1 aromatic heterocycles. The molecule has 1 heterocycles. The molecule has 5 heteroatoms. The van der Waals surface area contributed by atoms with E-state index in [1.165, 1.54) is 11.3 Å². The Morgan fingerprint density at radius 1 is 1.17 bits per heavy atom. The molecule has 0 bridgehead atoms. The first kappa shape index (κ1) is 15.2. The van der Waals surface area contributed by atoms with Crippen LogP contribution in [0, 0.1) is 6.92 Å². The molecule has 1 N–H and O–H groups in total. The number of carboxylic acid groups (broad SMARTS) is 1. The zero-order valence-corrected chi connectivity index (χ0v) is 13.6.